The van der Waals surface area contributed by atoms with Crippen LogP contribution in [0.3, 0.4) is 0 Å². The van der Waals surface area contributed by atoms with Gasteiger partial charge in [0, 0.05) is 37.2 Å². The van der Waals surface area contributed by atoms with E-state index in [1.54, 1.807) is 18.1 Å². The van der Waals surface area contributed by atoms with E-state index in [0.717, 1.165) is 24.1 Å². The van der Waals surface area contributed by atoms with Crippen molar-refractivity contribution in [3.8, 4) is 18.1 Å². The molecule has 31 heavy (non-hydrogen) atoms. The first-order chi connectivity index (χ1) is 14.4. The van der Waals surface area contributed by atoms with E-state index in [2.05, 4.69) is 32.0 Å². The van der Waals surface area contributed by atoms with Crippen LogP contribution >= 0.6 is 0 Å². The monoisotopic (exact) mass is 433 g/mol. The number of ether oxygens (including phenoxy) is 1. The van der Waals surface area contributed by atoms with Gasteiger partial charge < -0.3 is 25.8 Å². The number of hydrogen-bond donors (Lipinski definition) is 3. The second kappa shape index (κ2) is 14.4. The molecule has 1 unspecified atom stereocenters. The van der Waals surface area contributed by atoms with Gasteiger partial charge in [-0.1, -0.05) is 46.6 Å². The third-order valence-corrected chi connectivity index (χ3v) is 4.03. The molecule has 1 aromatic carbocycles. The predicted molar refractivity (Wildman–Crippen MR) is 124 cm³/mol. The maximum atomic E-state index is 11.6. The van der Waals surface area contributed by atoms with Gasteiger partial charge in [0.2, 0.25) is 12.3 Å². The van der Waals surface area contributed by atoms with Gasteiger partial charge in [-0.05, 0) is 30.0 Å². The van der Waals surface area contributed by atoms with Gasteiger partial charge in [-0.15, -0.1) is 6.42 Å². The fraction of sp³-hybridized carbons (Fsp3) is 0.583. The minimum atomic E-state index is -0.302. The Morgan fingerprint density at radius 3 is 2.48 bits per heavy atom. The number of hydrogen-bond acceptors (Lipinski definition) is 5. The van der Waals surface area contributed by atoms with Crippen molar-refractivity contribution in [3.05, 3.63) is 29.3 Å². The SMILES string of the molecule is C#Cc1ccc(CNC=O)c(OC)c1.CC(C)(C)CC(=O)N1CCC(O)C1.CC(C)N. The van der Waals surface area contributed by atoms with E-state index in [1.165, 1.54) is 0 Å². The summed E-state index contributed by atoms with van der Waals surface area (Å²) < 4.78 is 5.13. The second-order valence-corrected chi connectivity index (χ2v) is 8.93. The van der Waals surface area contributed by atoms with E-state index in [4.69, 9.17) is 16.9 Å². The first kappa shape index (κ1) is 28.4. The van der Waals surface area contributed by atoms with Crippen LogP contribution in [0.1, 0.15) is 58.6 Å². The molecule has 1 heterocycles. The largest absolute Gasteiger partial charge is 0.496 e. The van der Waals surface area contributed by atoms with E-state index in [9.17, 15) is 14.7 Å². The molecule has 1 aromatic rings. The number of nitrogens with one attached hydrogen (secondary N) is 1. The van der Waals surface area contributed by atoms with Crippen LogP contribution in [0.15, 0.2) is 18.2 Å². The number of amides is 2. The summed E-state index contributed by atoms with van der Waals surface area (Å²) in [6, 6.07) is 5.75. The summed E-state index contributed by atoms with van der Waals surface area (Å²) in [5, 5.41) is 11.8. The first-order valence-electron chi connectivity index (χ1n) is 10.5. The molecule has 1 saturated heterocycles. The molecule has 0 spiro atoms. The highest BCUT2D eigenvalue weighted by atomic mass is 16.5. The molecule has 0 saturated carbocycles. The summed E-state index contributed by atoms with van der Waals surface area (Å²) in [7, 11) is 1.57. The molecule has 7 heteroatoms. The summed E-state index contributed by atoms with van der Waals surface area (Å²) in [5.74, 6) is 3.38. The zero-order valence-electron chi connectivity index (χ0n) is 19.8. The highest BCUT2D eigenvalue weighted by molar-refractivity contribution is 5.77. The molecule has 7 nitrogen and oxygen atoms in total. The van der Waals surface area contributed by atoms with Gasteiger partial charge in [0.25, 0.3) is 0 Å². The lowest BCUT2D eigenvalue weighted by Crippen LogP contribution is -2.32. The number of aliphatic hydroxyl groups is 1. The van der Waals surface area contributed by atoms with Gasteiger partial charge in [-0.2, -0.15) is 0 Å². The lowest BCUT2D eigenvalue weighted by molar-refractivity contribution is -0.132. The number of benzene rings is 1. The Bertz CT molecular complexity index is 718. The minimum absolute atomic E-state index is 0.0463. The van der Waals surface area contributed by atoms with Crippen LogP contribution in [0, 0.1) is 17.8 Å². The number of β-amino-alcohol motifs (C(OH)–C–C–N with tert-alkyl or cyclic N) is 1. The molecule has 0 aliphatic carbocycles. The van der Waals surface area contributed by atoms with Crippen LogP contribution in [0.2, 0.25) is 0 Å². The Hall–Kier alpha value is -2.56. The number of likely N-dealkylation sites (tertiary alicyclic amines) is 1. The van der Waals surface area contributed by atoms with Crippen molar-refractivity contribution in [1.29, 1.82) is 0 Å². The number of methoxy groups -OCH3 is 1. The van der Waals surface area contributed by atoms with Crippen molar-refractivity contribution < 1.29 is 19.4 Å². The van der Waals surface area contributed by atoms with Gasteiger partial charge >= 0.3 is 0 Å². The molecule has 4 N–H and O–H groups in total. The smallest absolute Gasteiger partial charge is 0.223 e. The lowest BCUT2D eigenvalue weighted by Gasteiger charge is -2.22. The van der Waals surface area contributed by atoms with Crippen LogP contribution in [0.4, 0.5) is 0 Å². The van der Waals surface area contributed by atoms with E-state index < -0.39 is 0 Å². The summed E-state index contributed by atoms with van der Waals surface area (Å²) in [5.41, 5.74) is 6.82. The van der Waals surface area contributed by atoms with E-state index in [-0.39, 0.29) is 17.4 Å². The van der Waals surface area contributed by atoms with Crippen LogP contribution in [-0.4, -0.2) is 54.7 Å². The van der Waals surface area contributed by atoms with Crippen molar-refractivity contribution in [2.45, 2.75) is 66.2 Å². The molecule has 174 valence electrons. The number of terminal acetylenes is 1. The molecule has 2 amide bonds. The molecular weight excluding hydrogens is 394 g/mol. The molecule has 1 aliphatic rings. The molecule has 0 aromatic heterocycles. The number of carbonyl (C=O) groups excluding carboxylic acids is 2. The second-order valence-electron chi connectivity index (χ2n) is 8.93. The fourth-order valence-electron chi connectivity index (χ4n) is 2.67. The minimum Gasteiger partial charge on any atom is -0.496 e. The summed E-state index contributed by atoms with van der Waals surface area (Å²) in [6.07, 6.45) is 6.89. The number of rotatable bonds is 5. The maximum absolute atomic E-state index is 11.6. The summed E-state index contributed by atoms with van der Waals surface area (Å²) in [6.45, 7) is 11.7. The van der Waals surface area contributed by atoms with Crippen LogP contribution in [0.25, 0.3) is 0 Å². The van der Waals surface area contributed by atoms with Crippen LogP contribution < -0.4 is 15.8 Å². The molecule has 1 atom stereocenters. The summed E-state index contributed by atoms with van der Waals surface area (Å²) in [4.78, 5) is 23.5. The van der Waals surface area contributed by atoms with Gasteiger partial charge in [0.15, 0.2) is 0 Å². The third-order valence-electron chi connectivity index (χ3n) is 4.03. The predicted octanol–water partition coefficient (Wildman–Crippen LogP) is 2.29. The Kier molecular flexibility index (Phi) is 13.3. The van der Waals surface area contributed by atoms with Gasteiger partial charge in [-0.3, -0.25) is 9.59 Å². The number of nitrogens with two attached hydrogens (primary N) is 1. The molecular formula is C24H39N3O4. The quantitative estimate of drug-likeness (QED) is 0.488. The molecule has 1 aliphatic heterocycles. The van der Waals surface area contributed by atoms with Crippen molar-refractivity contribution in [2.75, 3.05) is 20.2 Å². The average molecular weight is 434 g/mol. The van der Waals surface area contributed by atoms with Crippen molar-refractivity contribution in [3.63, 3.8) is 0 Å². The Morgan fingerprint density at radius 1 is 1.45 bits per heavy atom. The Balaban J connectivity index is 0.000000497. The van der Waals surface area contributed by atoms with Crippen molar-refractivity contribution >= 4 is 12.3 Å². The Labute approximate surface area is 187 Å². The molecule has 0 bridgehead atoms. The number of aliphatic hydroxyl groups excluding tert-OH is 1. The van der Waals surface area contributed by atoms with Gasteiger partial charge in [-0.25, -0.2) is 0 Å². The number of carbonyl (C=O) groups is 2. The zero-order chi connectivity index (χ0) is 24.0. The Morgan fingerprint density at radius 2 is 2.06 bits per heavy atom. The maximum Gasteiger partial charge on any atom is 0.223 e. The lowest BCUT2D eigenvalue weighted by atomic mass is 9.92. The normalized spacial score (nSPS) is 15.1. The van der Waals surface area contributed by atoms with E-state index in [1.807, 2.05) is 26.0 Å². The van der Waals surface area contributed by atoms with Crippen molar-refractivity contribution in [2.24, 2.45) is 11.1 Å². The van der Waals surface area contributed by atoms with Gasteiger partial charge in [0.1, 0.15) is 5.75 Å². The van der Waals surface area contributed by atoms with Crippen LogP contribution in [-0.2, 0) is 16.1 Å². The standard InChI is InChI=1S/C11H11NO2.C10H19NO2.C3H9N/c1-3-9-4-5-10(7-12-8-13)11(6-9)14-2;1-10(2,3)6-9(13)11-5-4-8(12)7-11;1-3(2)4/h1,4-6,8H,7H2,2H3,(H,12,13);8,12H,4-7H2,1-3H3;3H,4H2,1-2H3. The highest BCUT2D eigenvalue weighted by Crippen LogP contribution is 2.21. The first-order valence-corrected chi connectivity index (χ1v) is 10.5. The average Bonchev–Trinajstić information content (AvgIpc) is 3.11. The molecule has 0 radical (unpaired) electrons. The summed E-state index contributed by atoms with van der Waals surface area (Å²) >= 11 is 0. The highest BCUT2D eigenvalue weighted by Gasteiger charge is 2.27. The van der Waals surface area contributed by atoms with Crippen molar-refractivity contribution in [1.82, 2.24) is 10.2 Å². The van der Waals surface area contributed by atoms with E-state index in [0.29, 0.717) is 37.7 Å². The fourth-order valence-corrected chi connectivity index (χ4v) is 2.67. The van der Waals surface area contributed by atoms with E-state index >= 15 is 0 Å². The number of nitrogens with zero attached hydrogens (tertiary/aromatic N) is 1. The molecule has 2 rings (SSSR count). The van der Waals surface area contributed by atoms with Crippen LogP contribution in [0.5, 0.6) is 5.75 Å². The zero-order valence-corrected chi connectivity index (χ0v) is 19.8. The molecule has 1 fully saturated rings. The van der Waals surface area contributed by atoms with Gasteiger partial charge in [0.05, 0.1) is 13.2 Å². The topological polar surface area (TPSA) is 105 Å². The third kappa shape index (κ3) is 13.4.